The summed E-state index contributed by atoms with van der Waals surface area (Å²) in [6.07, 6.45) is -3.30. The van der Waals surface area contributed by atoms with Crippen molar-refractivity contribution in [2.45, 2.75) is 6.18 Å². The maximum Gasteiger partial charge on any atom is 0.416 e. The molecule has 2 rings (SSSR count). The molecule has 0 unspecified atom stereocenters. The maximum absolute atomic E-state index is 12.6. The molecule has 0 N–H and O–H groups in total. The van der Waals surface area contributed by atoms with E-state index in [0.29, 0.717) is 6.07 Å². The van der Waals surface area contributed by atoms with Gasteiger partial charge in [0.1, 0.15) is 17.5 Å². The Hall–Kier alpha value is -2.82. The molecule has 8 heteroatoms. The van der Waals surface area contributed by atoms with Crippen LogP contribution in [-0.4, -0.2) is 9.49 Å². The molecule has 0 aliphatic heterocycles. The molecular weight excluding hydrogens is 275 g/mol. The van der Waals surface area contributed by atoms with Crippen molar-refractivity contribution < 1.29 is 18.1 Å². The minimum absolute atomic E-state index is 0.0906. The van der Waals surface area contributed by atoms with Gasteiger partial charge in [-0.25, -0.2) is 0 Å². The first-order chi connectivity index (χ1) is 9.34. The normalized spacial score (nSPS) is 11.1. The molecule has 0 amide bonds. The zero-order valence-corrected chi connectivity index (χ0v) is 9.76. The number of hydrogen-bond donors (Lipinski definition) is 0. The highest BCUT2D eigenvalue weighted by Crippen LogP contribution is 2.34. The summed E-state index contributed by atoms with van der Waals surface area (Å²) in [6, 6.07) is 6.85. The van der Waals surface area contributed by atoms with Crippen molar-refractivity contribution in [1.29, 1.82) is 5.26 Å². The Balaban J connectivity index is 2.67. The molecule has 0 saturated carbocycles. The second-order valence-electron chi connectivity index (χ2n) is 3.83. The lowest BCUT2D eigenvalue weighted by Crippen LogP contribution is -2.08. The molecule has 0 spiro atoms. The van der Waals surface area contributed by atoms with Gasteiger partial charge < -0.3 is 4.57 Å². The van der Waals surface area contributed by atoms with Gasteiger partial charge in [0.25, 0.3) is 5.69 Å². The van der Waals surface area contributed by atoms with Crippen LogP contribution in [0, 0.1) is 21.4 Å². The van der Waals surface area contributed by atoms with Crippen molar-refractivity contribution in [3.8, 4) is 11.8 Å². The number of nitrogens with zero attached hydrogens (tertiary/aromatic N) is 3. The number of nitro groups is 1. The van der Waals surface area contributed by atoms with Gasteiger partial charge in [0, 0.05) is 12.3 Å². The van der Waals surface area contributed by atoms with Crippen LogP contribution in [0.25, 0.3) is 5.69 Å². The number of nitro benzene ring substituents is 1. The van der Waals surface area contributed by atoms with E-state index in [-0.39, 0.29) is 11.4 Å². The highest BCUT2D eigenvalue weighted by Gasteiger charge is 2.33. The summed E-state index contributed by atoms with van der Waals surface area (Å²) < 4.78 is 38.9. The zero-order valence-electron chi connectivity index (χ0n) is 9.76. The van der Waals surface area contributed by atoms with E-state index in [1.54, 1.807) is 6.07 Å². The van der Waals surface area contributed by atoms with Gasteiger partial charge in [-0.05, 0) is 24.3 Å². The molecule has 0 aliphatic rings. The van der Waals surface area contributed by atoms with Crippen LogP contribution in [0.3, 0.4) is 0 Å². The lowest BCUT2D eigenvalue weighted by molar-refractivity contribution is -0.384. The van der Waals surface area contributed by atoms with Gasteiger partial charge in [0.15, 0.2) is 0 Å². The monoisotopic (exact) mass is 281 g/mol. The van der Waals surface area contributed by atoms with Gasteiger partial charge in [0.05, 0.1) is 10.5 Å². The number of aromatic nitrogens is 1. The van der Waals surface area contributed by atoms with Gasteiger partial charge in [-0.15, -0.1) is 0 Å². The Morgan fingerprint density at radius 2 is 2.00 bits per heavy atom. The first-order valence-electron chi connectivity index (χ1n) is 5.28. The molecule has 0 atom stereocenters. The third-order valence-corrected chi connectivity index (χ3v) is 2.62. The van der Waals surface area contributed by atoms with Crippen molar-refractivity contribution in [1.82, 2.24) is 4.57 Å². The number of rotatable bonds is 2. The third kappa shape index (κ3) is 2.33. The molecule has 0 radical (unpaired) electrons. The van der Waals surface area contributed by atoms with Gasteiger partial charge >= 0.3 is 6.18 Å². The summed E-state index contributed by atoms with van der Waals surface area (Å²) in [7, 11) is 0. The van der Waals surface area contributed by atoms with Crippen LogP contribution < -0.4 is 0 Å². The Morgan fingerprint density at radius 1 is 1.30 bits per heavy atom. The molecule has 0 aliphatic carbocycles. The second-order valence-corrected chi connectivity index (χ2v) is 3.83. The molecule has 1 aromatic heterocycles. The van der Waals surface area contributed by atoms with E-state index in [4.69, 9.17) is 5.26 Å². The Bertz CT molecular complexity index is 713. The van der Waals surface area contributed by atoms with E-state index in [9.17, 15) is 23.3 Å². The van der Waals surface area contributed by atoms with E-state index in [1.807, 2.05) is 0 Å². The summed E-state index contributed by atoms with van der Waals surface area (Å²) in [4.78, 5) is 10.0. The maximum atomic E-state index is 12.6. The van der Waals surface area contributed by atoms with E-state index < -0.39 is 22.4 Å². The first kappa shape index (κ1) is 13.6. The lowest BCUT2D eigenvalue weighted by Gasteiger charge is -2.10. The largest absolute Gasteiger partial charge is 0.416 e. The number of alkyl halides is 3. The average molecular weight is 281 g/mol. The van der Waals surface area contributed by atoms with Crippen molar-refractivity contribution in [2.24, 2.45) is 0 Å². The Morgan fingerprint density at radius 3 is 2.55 bits per heavy atom. The second kappa shape index (κ2) is 4.70. The topological polar surface area (TPSA) is 71.9 Å². The van der Waals surface area contributed by atoms with E-state index in [1.165, 1.54) is 18.3 Å². The van der Waals surface area contributed by atoms with Crippen molar-refractivity contribution >= 4 is 5.69 Å². The van der Waals surface area contributed by atoms with Gasteiger partial charge in [0.2, 0.25) is 0 Å². The van der Waals surface area contributed by atoms with Gasteiger partial charge in [-0.2, -0.15) is 18.4 Å². The Labute approximate surface area is 110 Å². The number of benzene rings is 1. The quantitative estimate of drug-likeness (QED) is 0.626. The van der Waals surface area contributed by atoms with Crippen molar-refractivity contribution in [3.63, 3.8) is 0 Å². The fraction of sp³-hybridized carbons (Fsp3) is 0.0833. The molecule has 102 valence electrons. The minimum Gasteiger partial charge on any atom is -0.302 e. The number of hydrogen-bond acceptors (Lipinski definition) is 3. The van der Waals surface area contributed by atoms with Crippen LogP contribution in [0.2, 0.25) is 0 Å². The van der Waals surface area contributed by atoms with Gasteiger partial charge in [-0.1, -0.05) is 0 Å². The molecule has 1 aromatic carbocycles. The van der Waals surface area contributed by atoms with E-state index >= 15 is 0 Å². The number of halogens is 3. The smallest absolute Gasteiger partial charge is 0.302 e. The van der Waals surface area contributed by atoms with Crippen LogP contribution >= 0.6 is 0 Å². The summed E-state index contributed by atoms with van der Waals surface area (Å²) in [5, 5.41) is 19.8. The third-order valence-electron chi connectivity index (χ3n) is 2.62. The van der Waals surface area contributed by atoms with Crippen LogP contribution in [-0.2, 0) is 6.18 Å². The first-order valence-corrected chi connectivity index (χ1v) is 5.28. The van der Waals surface area contributed by atoms with Crippen molar-refractivity contribution in [3.05, 3.63) is 57.9 Å². The van der Waals surface area contributed by atoms with Crippen LogP contribution in [0.15, 0.2) is 36.5 Å². The SMILES string of the molecule is N#Cc1cccn1-c1ccc(C(F)(F)F)cc1[N+](=O)[O-]. The summed E-state index contributed by atoms with van der Waals surface area (Å²) >= 11 is 0. The zero-order chi connectivity index (χ0) is 14.9. The minimum atomic E-state index is -4.67. The lowest BCUT2D eigenvalue weighted by atomic mass is 10.1. The predicted molar refractivity (Wildman–Crippen MR) is 62.1 cm³/mol. The summed E-state index contributed by atoms with van der Waals surface area (Å²) in [6.45, 7) is 0. The predicted octanol–water partition coefficient (Wildman–Crippen LogP) is 3.28. The van der Waals surface area contributed by atoms with Crippen molar-refractivity contribution in [2.75, 3.05) is 0 Å². The average Bonchev–Trinajstić information content (AvgIpc) is 2.84. The molecular formula is C12H6F3N3O2. The molecule has 20 heavy (non-hydrogen) atoms. The van der Waals surface area contributed by atoms with Gasteiger partial charge in [-0.3, -0.25) is 10.1 Å². The molecule has 0 saturated heterocycles. The molecule has 2 aromatic rings. The summed E-state index contributed by atoms with van der Waals surface area (Å²) in [5.41, 5.74) is -1.83. The molecule has 1 heterocycles. The van der Waals surface area contributed by atoms with Crippen LogP contribution in [0.4, 0.5) is 18.9 Å². The number of nitriles is 1. The summed E-state index contributed by atoms with van der Waals surface area (Å²) in [5.74, 6) is 0. The van der Waals surface area contributed by atoms with E-state index in [0.717, 1.165) is 16.7 Å². The fourth-order valence-corrected chi connectivity index (χ4v) is 1.73. The van der Waals surface area contributed by atoms with Crippen LogP contribution in [0.5, 0.6) is 0 Å². The molecule has 0 bridgehead atoms. The highest BCUT2D eigenvalue weighted by atomic mass is 19.4. The fourth-order valence-electron chi connectivity index (χ4n) is 1.73. The molecule has 5 nitrogen and oxygen atoms in total. The molecule has 0 fully saturated rings. The Kier molecular flexibility index (Phi) is 3.19. The highest BCUT2D eigenvalue weighted by molar-refractivity contribution is 5.56. The van der Waals surface area contributed by atoms with E-state index in [2.05, 4.69) is 0 Å². The van der Waals surface area contributed by atoms with Crippen LogP contribution in [0.1, 0.15) is 11.3 Å². The standard InChI is InChI=1S/C12H6F3N3O2/c13-12(14,15)8-3-4-10(11(6-8)18(19)20)17-5-1-2-9(17)7-16/h1-6H.